The van der Waals surface area contributed by atoms with Crippen LogP contribution in [0.25, 0.3) is 0 Å². The number of ether oxygens (including phenoxy) is 8. The van der Waals surface area contributed by atoms with Gasteiger partial charge in [-0.2, -0.15) is 0 Å². The minimum absolute atomic E-state index is 0.0634. The number of hydrogen-bond donors (Lipinski definition) is 0. The van der Waals surface area contributed by atoms with Gasteiger partial charge in [-0.25, -0.2) is 0 Å². The molecule has 0 radical (unpaired) electrons. The predicted molar refractivity (Wildman–Crippen MR) is 145 cm³/mol. The van der Waals surface area contributed by atoms with Crippen molar-refractivity contribution >= 4 is 5.78 Å². The van der Waals surface area contributed by atoms with Gasteiger partial charge in [0.2, 0.25) is 0 Å². The standard InChI is InChI=1S/C27H51N3O9/c1-24(2)21-30-22-26(28-29-30)23-39-20-19-38-18-17-37-16-15-36-14-13-35-12-11-34-10-9-33-8-7-32-6-5-27(31)25(3)4/h22,24-25H,5-21,23H2,1-4H3. The van der Waals surface area contributed by atoms with E-state index >= 15 is 0 Å². The second-order valence-electron chi connectivity index (χ2n) is 9.54. The molecule has 0 aliphatic rings. The van der Waals surface area contributed by atoms with Crippen molar-refractivity contribution in [3.05, 3.63) is 11.9 Å². The minimum atomic E-state index is 0.0634. The molecule has 0 saturated carbocycles. The summed E-state index contributed by atoms with van der Waals surface area (Å²) >= 11 is 0. The summed E-state index contributed by atoms with van der Waals surface area (Å²) in [5.74, 6) is 0.815. The molecule has 0 saturated heterocycles. The van der Waals surface area contributed by atoms with Gasteiger partial charge in [0.05, 0.1) is 112 Å². The minimum Gasteiger partial charge on any atom is -0.379 e. The number of carbonyl (C=O) groups is 1. The third-order valence-corrected chi connectivity index (χ3v) is 5.13. The Morgan fingerprint density at radius 2 is 1.03 bits per heavy atom. The molecule has 0 fully saturated rings. The highest BCUT2D eigenvalue weighted by Gasteiger charge is 2.06. The van der Waals surface area contributed by atoms with Gasteiger partial charge in [-0.05, 0) is 5.92 Å². The molecule has 1 rings (SSSR count). The van der Waals surface area contributed by atoms with Crippen LogP contribution in [0.3, 0.4) is 0 Å². The molecule has 0 bridgehead atoms. The lowest BCUT2D eigenvalue weighted by atomic mass is 10.1. The molecule has 0 N–H and O–H groups in total. The largest absolute Gasteiger partial charge is 0.379 e. The highest BCUT2D eigenvalue weighted by Crippen LogP contribution is 2.01. The lowest BCUT2D eigenvalue weighted by Gasteiger charge is -2.09. The zero-order valence-electron chi connectivity index (χ0n) is 24.5. The first-order valence-electron chi connectivity index (χ1n) is 14.0. The summed E-state index contributed by atoms with van der Waals surface area (Å²) in [6.45, 7) is 16.9. The van der Waals surface area contributed by atoms with Crippen molar-refractivity contribution in [3.8, 4) is 0 Å². The van der Waals surface area contributed by atoms with Crippen LogP contribution in [-0.4, -0.2) is 120 Å². The number of Topliss-reactive ketones (excluding diaryl/α,β-unsaturated/α-hetero) is 1. The number of nitrogens with zero attached hydrogens (tertiary/aromatic N) is 3. The van der Waals surface area contributed by atoms with Crippen molar-refractivity contribution in [2.45, 2.75) is 47.3 Å². The first kappa shape index (κ1) is 35.5. The molecule has 1 aromatic heterocycles. The van der Waals surface area contributed by atoms with Crippen LogP contribution >= 0.6 is 0 Å². The number of carbonyl (C=O) groups excluding carboxylic acids is 1. The van der Waals surface area contributed by atoms with E-state index in [4.69, 9.17) is 37.9 Å². The van der Waals surface area contributed by atoms with E-state index in [0.717, 1.165) is 12.2 Å². The molecule has 0 unspecified atom stereocenters. The smallest absolute Gasteiger partial charge is 0.137 e. The molecule has 0 aliphatic carbocycles. The molecule has 1 heterocycles. The average Bonchev–Trinajstić information content (AvgIpc) is 3.34. The number of hydrogen-bond acceptors (Lipinski definition) is 11. The molecule has 12 nitrogen and oxygen atoms in total. The van der Waals surface area contributed by atoms with Gasteiger partial charge in [-0.15, -0.1) is 5.10 Å². The van der Waals surface area contributed by atoms with E-state index in [1.807, 2.05) is 24.7 Å². The van der Waals surface area contributed by atoms with E-state index in [1.165, 1.54) is 0 Å². The second-order valence-corrected chi connectivity index (χ2v) is 9.54. The molecule has 0 aromatic carbocycles. The van der Waals surface area contributed by atoms with Crippen molar-refractivity contribution in [3.63, 3.8) is 0 Å². The summed E-state index contributed by atoms with van der Waals surface area (Å²) < 4.78 is 45.5. The molecular formula is C27H51N3O9. The summed E-state index contributed by atoms with van der Waals surface area (Å²) in [6.07, 6.45) is 2.37. The van der Waals surface area contributed by atoms with Crippen LogP contribution < -0.4 is 0 Å². The van der Waals surface area contributed by atoms with Crippen LogP contribution in [0.5, 0.6) is 0 Å². The number of ketones is 1. The van der Waals surface area contributed by atoms with Gasteiger partial charge < -0.3 is 37.9 Å². The monoisotopic (exact) mass is 561 g/mol. The predicted octanol–water partition coefficient (Wildman–Crippen LogP) is 2.18. The average molecular weight is 562 g/mol. The molecule has 12 heteroatoms. The number of rotatable bonds is 29. The normalized spacial score (nSPS) is 11.7. The number of aromatic nitrogens is 3. The van der Waals surface area contributed by atoms with E-state index in [2.05, 4.69) is 24.2 Å². The Balaban J connectivity index is 1.69. The lowest BCUT2D eigenvalue weighted by Crippen LogP contribution is -2.15. The summed E-state index contributed by atoms with van der Waals surface area (Å²) in [4.78, 5) is 11.5. The van der Waals surface area contributed by atoms with Gasteiger partial charge in [-0.1, -0.05) is 32.9 Å². The maximum absolute atomic E-state index is 11.5. The zero-order chi connectivity index (χ0) is 28.4. The molecule has 0 atom stereocenters. The van der Waals surface area contributed by atoms with E-state index < -0.39 is 0 Å². The molecule has 228 valence electrons. The quantitative estimate of drug-likeness (QED) is 0.134. The van der Waals surface area contributed by atoms with E-state index in [1.54, 1.807) is 0 Å². The highest BCUT2D eigenvalue weighted by molar-refractivity contribution is 5.80. The van der Waals surface area contributed by atoms with Crippen LogP contribution in [-0.2, 0) is 55.8 Å². The SMILES string of the molecule is CC(C)Cn1cc(COCCOCCOCCOCCOCCOCCOCCOCCC(=O)C(C)C)nn1. The van der Waals surface area contributed by atoms with Crippen LogP contribution in [0.15, 0.2) is 6.20 Å². The zero-order valence-corrected chi connectivity index (χ0v) is 24.5. The Bertz CT molecular complexity index is 689. The third-order valence-electron chi connectivity index (χ3n) is 5.13. The maximum Gasteiger partial charge on any atom is 0.137 e. The van der Waals surface area contributed by atoms with Gasteiger partial charge >= 0.3 is 0 Å². The topological polar surface area (TPSA) is 122 Å². The first-order chi connectivity index (χ1) is 19.0. The third kappa shape index (κ3) is 22.9. The van der Waals surface area contributed by atoms with Crippen molar-refractivity contribution in [2.24, 2.45) is 11.8 Å². The van der Waals surface area contributed by atoms with Gasteiger partial charge in [0, 0.05) is 18.9 Å². The summed E-state index contributed by atoms with van der Waals surface area (Å²) in [6, 6.07) is 0. The Kier molecular flexibility index (Phi) is 23.2. The van der Waals surface area contributed by atoms with Crippen LogP contribution in [0.4, 0.5) is 0 Å². The van der Waals surface area contributed by atoms with Crippen LogP contribution in [0, 0.1) is 11.8 Å². The Hall–Kier alpha value is -1.51. The van der Waals surface area contributed by atoms with Crippen molar-refractivity contribution in [2.75, 3.05) is 99.1 Å². The molecule has 1 aromatic rings. The molecule has 0 spiro atoms. The highest BCUT2D eigenvalue weighted by atomic mass is 16.6. The van der Waals surface area contributed by atoms with Crippen LogP contribution in [0.2, 0.25) is 0 Å². The van der Waals surface area contributed by atoms with Crippen molar-refractivity contribution in [1.82, 2.24) is 15.0 Å². The van der Waals surface area contributed by atoms with Crippen molar-refractivity contribution < 1.29 is 42.7 Å². The fourth-order valence-corrected chi connectivity index (χ4v) is 3.05. The summed E-state index contributed by atoms with van der Waals surface area (Å²) in [5.41, 5.74) is 0.825. The van der Waals surface area contributed by atoms with E-state index in [-0.39, 0.29) is 11.7 Å². The molecule has 0 aliphatic heterocycles. The summed E-state index contributed by atoms with van der Waals surface area (Å²) in [5, 5.41) is 8.17. The Labute approximate surface area is 233 Å². The fraction of sp³-hybridized carbons (Fsp3) is 0.889. The Morgan fingerprint density at radius 1 is 0.641 bits per heavy atom. The molecule has 0 amide bonds. The first-order valence-corrected chi connectivity index (χ1v) is 14.0. The van der Waals surface area contributed by atoms with Crippen molar-refractivity contribution in [1.29, 1.82) is 0 Å². The van der Waals surface area contributed by atoms with Gasteiger partial charge in [0.25, 0.3) is 0 Å². The van der Waals surface area contributed by atoms with Gasteiger partial charge in [-0.3, -0.25) is 9.48 Å². The van der Waals surface area contributed by atoms with Gasteiger partial charge in [0.1, 0.15) is 11.5 Å². The van der Waals surface area contributed by atoms with Gasteiger partial charge in [0.15, 0.2) is 0 Å². The Morgan fingerprint density at radius 3 is 1.41 bits per heavy atom. The lowest BCUT2D eigenvalue weighted by molar-refractivity contribution is -0.123. The maximum atomic E-state index is 11.5. The van der Waals surface area contributed by atoms with Crippen LogP contribution in [0.1, 0.15) is 39.8 Å². The van der Waals surface area contributed by atoms with E-state index in [0.29, 0.717) is 118 Å². The summed E-state index contributed by atoms with van der Waals surface area (Å²) in [7, 11) is 0. The molecular weight excluding hydrogens is 510 g/mol. The van der Waals surface area contributed by atoms with E-state index in [9.17, 15) is 4.79 Å². The fourth-order valence-electron chi connectivity index (χ4n) is 3.05. The molecule has 39 heavy (non-hydrogen) atoms. The second kappa shape index (κ2) is 25.5.